The fourth-order valence-corrected chi connectivity index (χ4v) is 3.46. The number of hydrogen-bond acceptors (Lipinski definition) is 6. The van der Waals surface area contributed by atoms with Crippen LogP contribution in [0.15, 0.2) is 72.8 Å². The molecule has 0 radical (unpaired) electrons. The fourth-order valence-electron chi connectivity index (χ4n) is 3.07. The van der Waals surface area contributed by atoms with Crippen LogP contribution in [0.1, 0.15) is 24.2 Å². The lowest BCUT2D eigenvalue weighted by atomic mass is 10.2. The summed E-state index contributed by atoms with van der Waals surface area (Å²) in [5.41, 5.74) is 1.65. The molecule has 0 bridgehead atoms. The minimum atomic E-state index is -0.754. The van der Waals surface area contributed by atoms with Gasteiger partial charge in [-0.1, -0.05) is 23.7 Å². The van der Waals surface area contributed by atoms with Crippen LogP contribution in [0.4, 0.5) is 11.4 Å². The Labute approximate surface area is 226 Å². The Hall–Kier alpha value is -3.66. The van der Waals surface area contributed by atoms with Crippen molar-refractivity contribution in [1.29, 1.82) is 0 Å². The Morgan fingerprint density at radius 2 is 1.57 bits per heavy atom. The van der Waals surface area contributed by atoms with Crippen LogP contribution >= 0.6 is 23.8 Å². The van der Waals surface area contributed by atoms with Crippen molar-refractivity contribution >= 4 is 52.1 Å². The van der Waals surface area contributed by atoms with Gasteiger partial charge in [0.05, 0.1) is 11.6 Å². The zero-order chi connectivity index (χ0) is 26.6. The molecule has 0 aromatic heterocycles. The first kappa shape index (κ1) is 27.9. The van der Waals surface area contributed by atoms with E-state index in [2.05, 4.69) is 16.0 Å². The number of hydrogen-bond donors (Lipinski definition) is 3. The number of halogens is 1. The second-order valence-electron chi connectivity index (χ2n) is 7.74. The van der Waals surface area contributed by atoms with Crippen LogP contribution in [0.25, 0.3) is 0 Å². The minimum Gasteiger partial charge on any atom is -0.491 e. The summed E-state index contributed by atoms with van der Waals surface area (Å²) in [5.74, 6) is 0.404. The minimum absolute atomic E-state index is 0.139. The average Bonchev–Trinajstić information content (AvgIpc) is 2.89. The van der Waals surface area contributed by atoms with Gasteiger partial charge in [-0.05, 0) is 86.7 Å². The molecule has 1 unspecified atom stereocenters. The van der Waals surface area contributed by atoms with Crippen LogP contribution in [0.5, 0.6) is 11.5 Å². The summed E-state index contributed by atoms with van der Waals surface area (Å²) >= 11 is 11.3. The van der Waals surface area contributed by atoms with Crippen molar-refractivity contribution in [2.75, 3.05) is 30.5 Å². The number of carbonyl (C=O) groups excluding carboxylic acids is 2. The van der Waals surface area contributed by atoms with Gasteiger partial charge in [0.15, 0.2) is 11.2 Å². The number of rotatable bonds is 11. The van der Waals surface area contributed by atoms with Crippen LogP contribution in [0.3, 0.4) is 0 Å². The molecule has 3 N–H and O–H groups in total. The van der Waals surface area contributed by atoms with Crippen LogP contribution in [-0.4, -0.2) is 42.9 Å². The topological polar surface area (TPSA) is 97.9 Å². The normalized spacial score (nSPS) is 11.2. The lowest BCUT2D eigenvalue weighted by molar-refractivity contribution is -0.122. The number of ether oxygens (including phenoxy) is 3. The first-order valence-corrected chi connectivity index (χ1v) is 12.4. The van der Waals surface area contributed by atoms with Gasteiger partial charge in [0.1, 0.15) is 18.1 Å². The number of carbonyl (C=O) groups is 2. The predicted octanol–water partition coefficient (Wildman–Crippen LogP) is 5.29. The molecule has 37 heavy (non-hydrogen) atoms. The number of nitrogens with one attached hydrogen (secondary N) is 3. The molecule has 0 fully saturated rings. The van der Waals surface area contributed by atoms with Crippen molar-refractivity contribution in [3.63, 3.8) is 0 Å². The second-order valence-corrected chi connectivity index (χ2v) is 8.55. The van der Waals surface area contributed by atoms with Crippen molar-refractivity contribution in [2.24, 2.45) is 0 Å². The summed E-state index contributed by atoms with van der Waals surface area (Å²) < 4.78 is 16.4. The number of benzene rings is 3. The van der Waals surface area contributed by atoms with E-state index in [1.54, 1.807) is 79.7 Å². The molecule has 8 nitrogen and oxygen atoms in total. The first-order chi connectivity index (χ1) is 17.9. The Morgan fingerprint density at radius 3 is 2.22 bits per heavy atom. The molecule has 0 aliphatic rings. The van der Waals surface area contributed by atoms with Crippen LogP contribution in [0.2, 0.25) is 5.02 Å². The highest BCUT2D eigenvalue weighted by Crippen LogP contribution is 2.24. The van der Waals surface area contributed by atoms with Crippen LogP contribution in [-0.2, 0) is 9.53 Å². The van der Waals surface area contributed by atoms with E-state index in [0.717, 1.165) is 0 Å². The maximum absolute atomic E-state index is 12.5. The number of para-hydroxylation sites is 1. The predicted molar refractivity (Wildman–Crippen MR) is 149 cm³/mol. The molecule has 194 valence electrons. The van der Waals surface area contributed by atoms with Gasteiger partial charge in [0, 0.05) is 23.5 Å². The molecule has 2 amide bonds. The SMILES string of the molecule is CCOCCOc1ccc(C(=O)NC(=S)Nc2ccc(NC(=O)C(C)Oc3ccccc3Cl)cc2)cc1. The van der Waals surface area contributed by atoms with E-state index in [1.165, 1.54) is 0 Å². The molecule has 1 atom stereocenters. The molecule has 0 aliphatic heterocycles. The van der Waals surface area contributed by atoms with E-state index in [-0.39, 0.29) is 16.9 Å². The zero-order valence-electron chi connectivity index (χ0n) is 20.5. The lowest BCUT2D eigenvalue weighted by Crippen LogP contribution is -2.34. The molecular weight excluding hydrogens is 514 g/mol. The third kappa shape index (κ3) is 9.05. The summed E-state index contributed by atoms with van der Waals surface area (Å²) in [6.45, 7) is 5.13. The van der Waals surface area contributed by atoms with E-state index in [4.69, 9.17) is 38.0 Å². The van der Waals surface area contributed by atoms with Gasteiger partial charge >= 0.3 is 0 Å². The van der Waals surface area contributed by atoms with Gasteiger partial charge in [0.25, 0.3) is 11.8 Å². The molecule has 0 aliphatic carbocycles. The smallest absolute Gasteiger partial charge is 0.265 e. The number of anilines is 2. The summed E-state index contributed by atoms with van der Waals surface area (Å²) in [7, 11) is 0. The number of thiocarbonyl (C=S) groups is 1. The third-order valence-electron chi connectivity index (χ3n) is 4.96. The fraction of sp³-hybridized carbons (Fsp3) is 0.222. The highest BCUT2D eigenvalue weighted by molar-refractivity contribution is 7.80. The lowest BCUT2D eigenvalue weighted by Gasteiger charge is -2.16. The molecule has 0 saturated heterocycles. The molecule has 0 saturated carbocycles. The maximum atomic E-state index is 12.5. The van der Waals surface area contributed by atoms with E-state index in [0.29, 0.717) is 53.3 Å². The Bertz CT molecular complexity index is 1210. The summed E-state index contributed by atoms with van der Waals surface area (Å²) in [6, 6.07) is 20.5. The Kier molecular flexibility index (Phi) is 10.7. The van der Waals surface area contributed by atoms with E-state index in [1.807, 2.05) is 6.92 Å². The molecule has 3 aromatic rings. The van der Waals surface area contributed by atoms with E-state index < -0.39 is 6.10 Å². The van der Waals surface area contributed by atoms with Crippen molar-refractivity contribution in [3.05, 3.63) is 83.4 Å². The summed E-state index contributed by atoms with van der Waals surface area (Å²) in [4.78, 5) is 24.9. The molecule has 3 rings (SSSR count). The van der Waals surface area contributed by atoms with Crippen molar-refractivity contribution < 1.29 is 23.8 Å². The standard InChI is InChI=1S/C27H28ClN3O5S/c1-3-34-16-17-35-22-14-8-19(9-15-22)26(33)31-27(37)30-21-12-10-20(11-13-21)29-25(32)18(2)36-24-7-5-4-6-23(24)28/h4-15,18H,3,16-17H2,1-2H3,(H,29,32)(H2,30,31,33,37). The molecule has 0 spiro atoms. The third-order valence-corrected chi connectivity index (χ3v) is 5.48. The van der Waals surface area contributed by atoms with Gasteiger partial charge in [-0.15, -0.1) is 0 Å². The van der Waals surface area contributed by atoms with Crippen LogP contribution in [0, 0.1) is 0 Å². The number of amides is 2. The van der Waals surface area contributed by atoms with Gasteiger partial charge in [0.2, 0.25) is 0 Å². The van der Waals surface area contributed by atoms with Crippen molar-refractivity contribution in [2.45, 2.75) is 20.0 Å². The Morgan fingerprint density at radius 1 is 0.919 bits per heavy atom. The molecular formula is C27H28ClN3O5S. The molecule has 10 heteroatoms. The molecule has 0 heterocycles. The van der Waals surface area contributed by atoms with Crippen LogP contribution < -0.4 is 25.4 Å². The molecule has 3 aromatic carbocycles. The highest BCUT2D eigenvalue weighted by atomic mass is 35.5. The monoisotopic (exact) mass is 541 g/mol. The van der Waals surface area contributed by atoms with Gasteiger partial charge < -0.3 is 24.8 Å². The second kappa shape index (κ2) is 14.2. The zero-order valence-corrected chi connectivity index (χ0v) is 22.0. The van der Waals surface area contributed by atoms with E-state index >= 15 is 0 Å². The van der Waals surface area contributed by atoms with Crippen molar-refractivity contribution in [1.82, 2.24) is 5.32 Å². The van der Waals surface area contributed by atoms with E-state index in [9.17, 15) is 9.59 Å². The largest absolute Gasteiger partial charge is 0.491 e. The van der Waals surface area contributed by atoms with Crippen molar-refractivity contribution in [3.8, 4) is 11.5 Å². The summed E-state index contributed by atoms with van der Waals surface area (Å²) in [6.07, 6.45) is -0.754. The average molecular weight is 542 g/mol. The highest BCUT2D eigenvalue weighted by Gasteiger charge is 2.16. The maximum Gasteiger partial charge on any atom is 0.265 e. The van der Waals surface area contributed by atoms with Gasteiger partial charge in [-0.3, -0.25) is 14.9 Å². The van der Waals surface area contributed by atoms with Gasteiger partial charge in [-0.25, -0.2) is 0 Å². The Balaban J connectivity index is 1.45. The van der Waals surface area contributed by atoms with Gasteiger partial charge in [-0.2, -0.15) is 0 Å². The first-order valence-electron chi connectivity index (χ1n) is 11.6. The summed E-state index contributed by atoms with van der Waals surface area (Å²) in [5, 5.41) is 8.94. The quantitative estimate of drug-likeness (QED) is 0.224.